The van der Waals surface area contributed by atoms with Gasteiger partial charge < -0.3 is 5.11 Å². The lowest BCUT2D eigenvalue weighted by Crippen LogP contribution is -2.46. The van der Waals surface area contributed by atoms with E-state index in [-0.39, 0.29) is 4.87 Å². The van der Waals surface area contributed by atoms with Gasteiger partial charge in [0.25, 0.3) is 0 Å². The van der Waals surface area contributed by atoms with Crippen LogP contribution in [0, 0.1) is 0 Å². The maximum absolute atomic E-state index is 9.98. The van der Waals surface area contributed by atoms with Crippen LogP contribution in [0.25, 0.3) is 0 Å². The van der Waals surface area contributed by atoms with E-state index in [4.69, 9.17) is 11.6 Å². The fraction of sp³-hybridized carbons (Fsp3) is 1.00. The molecule has 1 nitrogen and oxygen atoms in total. The minimum Gasteiger partial charge on any atom is -0.390 e. The first kappa shape index (κ1) is 7.88. The summed E-state index contributed by atoms with van der Waals surface area (Å²) in [6, 6.07) is 0. The molecule has 2 aliphatic carbocycles. The molecule has 2 bridgehead atoms. The third-order valence-corrected chi connectivity index (χ3v) is 3.69. The molecule has 0 heterocycles. The van der Waals surface area contributed by atoms with E-state index in [0.717, 1.165) is 44.9 Å². The highest BCUT2D eigenvalue weighted by atomic mass is 35.5. The molecule has 0 aliphatic heterocycles. The van der Waals surface area contributed by atoms with Gasteiger partial charge >= 0.3 is 0 Å². The molecule has 1 N–H and O–H groups in total. The number of halogens is 1. The van der Waals surface area contributed by atoms with Crippen LogP contribution in [-0.4, -0.2) is 15.6 Å². The van der Waals surface area contributed by atoms with E-state index in [9.17, 15) is 5.11 Å². The smallest absolute Gasteiger partial charge is 0.0664 e. The average molecular weight is 175 g/mol. The Hall–Kier alpha value is 0.250. The highest BCUT2D eigenvalue weighted by Gasteiger charge is 2.45. The van der Waals surface area contributed by atoms with Crippen LogP contribution in [0.2, 0.25) is 0 Å². The highest BCUT2D eigenvalue weighted by molar-refractivity contribution is 6.24. The first-order valence-electron chi connectivity index (χ1n) is 4.53. The van der Waals surface area contributed by atoms with Crippen molar-refractivity contribution in [3.63, 3.8) is 0 Å². The van der Waals surface area contributed by atoms with Crippen molar-refractivity contribution in [2.75, 3.05) is 0 Å². The SMILES string of the molecule is OC12CCCC(Cl)(CCC1)C2. The minimum absolute atomic E-state index is 0.0365. The normalized spacial score (nSPS) is 50.7. The molecule has 0 atom stereocenters. The molecule has 11 heavy (non-hydrogen) atoms. The lowest BCUT2D eigenvalue weighted by molar-refractivity contribution is -0.0392. The van der Waals surface area contributed by atoms with Crippen LogP contribution in [0.3, 0.4) is 0 Å². The molecule has 2 saturated carbocycles. The molecule has 0 aromatic rings. The molecule has 2 fully saturated rings. The predicted octanol–water partition coefficient (Wildman–Crippen LogP) is 2.45. The number of rotatable bonds is 0. The van der Waals surface area contributed by atoms with Crippen LogP contribution < -0.4 is 0 Å². The number of aliphatic hydroxyl groups is 1. The molecule has 0 aromatic heterocycles. The summed E-state index contributed by atoms with van der Waals surface area (Å²) in [5.41, 5.74) is -0.391. The van der Waals surface area contributed by atoms with Gasteiger partial charge in [-0.1, -0.05) is 0 Å². The van der Waals surface area contributed by atoms with E-state index < -0.39 is 5.60 Å². The highest BCUT2D eigenvalue weighted by Crippen LogP contribution is 2.48. The summed E-state index contributed by atoms with van der Waals surface area (Å²) < 4.78 is 0. The van der Waals surface area contributed by atoms with Crippen molar-refractivity contribution in [1.29, 1.82) is 0 Å². The van der Waals surface area contributed by atoms with Gasteiger partial charge in [-0.3, -0.25) is 0 Å². The summed E-state index contributed by atoms with van der Waals surface area (Å²) in [4.78, 5) is -0.0365. The minimum atomic E-state index is -0.391. The fourth-order valence-electron chi connectivity index (χ4n) is 2.66. The van der Waals surface area contributed by atoms with Gasteiger partial charge in [0, 0.05) is 4.87 Å². The van der Waals surface area contributed by atoms with Crippen LogP contribution in [-0.2, 0) is 0 Å². The molecule has 64 valence electrons. The van der Waals surface area contributed by atoms with Crippen LogP contribution >= 0.6 is 11.6 Å². The van der Waals surface area contributed by atoms with Gasteiger partial charge in [0.2, 0.25) is 0 Å². The predicted molar refractivity (Wildman–Crippen MR) is 45.9 cm³/mol. The first-order chi connectivity index (χ1) is 5.12. The second kappa shape index (κ2) is 2.37. The van der Waals surface area contributed by atoms with E-state index in [2.05, 4.69) is 0 Å². The Morgan fingerprint density at radius 3 is 1.91 bits per heavy atom. The zero-order chi connectivity index (χ0) is 7.95. The monoisotopic (exact) mass is 174 g/mol. The summed E-state index contributed by atoms with van der Waals surface area (Å²) >= 11 is 6.34. The second-order valence-electron chi connectivity index (χ2n) is 4.26. The Balaban J connectivity index is 2.16. The quantitative estimate of drug-likeness (QED) is 0.560. The maximum Gasteiger partial charge on any atom is 0.0664 e. The molecule has 0 radical (unpaired) electrons. The van der Waals surface area contributed by atoms with Crippen molar-refractivity contribution in [1.82, 2.24) is 0 Å². The fourth-order valence-corrected chi connectivity index (χ4v) is 3.18. The van der Waals surface area contributed by atoms with E-state index in [1.165, 1.54) is 0 Å². The van der Waals surface area contributed by atoms with Gasteiger partial charge in [-0.2, -0.15) is 0 Å². The van der Waals surface area contributed by atoms with Gasteiger partial charge in [-0.15, -0.1) is 11.6 Å². The molecule has 2 rings (SSSR count). The molecule has 2 aliphatic rings. The summed E-state index contributed by atoms with van der Waals surface area (Å²) in [5.74, 6) is 0. The standard InChI is InChI=1S/C9H15ClO/c10-8-3-1-5-9(11,7-8)6-2-4-8/h11H,1-7H2. The second-order valence-corrected chi connectivity index (χ2v) is 5.06. The third kappa shape index (κ3) is 1.41. The Kier molecular flexibility index (Phi) is 1.69. The molecule has 0 unspecified atom stereocenters. The first-order valence-corrected chi connectivity index (χ1v) is 4.91. The van der Waals surface area contributed by atoms with Crippen molar-refractivity contribution in [3.8, 4) is 0 Å². The summed E-state index contributed by atoms with van der Waals surface area (Å²) in [5, 5.41) is 9.98. The van der Waals surface area contributed by atoms with E-state index in [1.54, 1.807) is 0 Å². The lowest BCUT2D eigenvalue weighted by Gasteiger charge is -2.46. The molecule has 0 amide bonds. The number of alkyl halides is 1. The number of hydrogen-bond acceptors (Lipinski definition) is 1. The average Bonchev–Trinajstić information content (AvgIpc) is 1.83. The van der Waals surface area contributed by atoms with Crippen LogP contribution in [0.1, 0.15) is 44.9 Å². The largest absolute Gasteiger partial charge is 0.390 e. The molecular formula is C9H15ClO. The van der Waals surface area contributed by atoms with Crippen molar-refractivity contribution in [2.45, 2.75) is 55.4 Å². The third-order valence-electron chi connectivity index (χ3n) is 3.18. The van der Waals surface area contributed by atoms with Crippen molar-refractivity contribution in [2.24, 2.45) is 0 Å². The van der Waals surface area contributed by atoms with Gasteiger partial charge in [0.15, 0.2) is 0 Å². The van der Waals surface area contributed by atoms with Crippen molar-refractivity contribution in [3.05, 3.63) is 0 Å². The van der Waals surface area contributed by atoms with E-state index in [0.29, 0.717) is 0 Å². The number of fused-ring (bicyclic) bond motifs is 2. The van der Waals surface area contributed by atoms with Gasteiger partial charge in [-0.25, -0.2) is 0 Å². The Labute approximate surface area is 72.7 Å². The maximum atomic E-state index is 9.98. The van der Waals surface area contributed by atoms with Crippen LogP contribution in [0.5, 0.6) is 0 Å². The zero-order valence-electron chi connectivity index (χ0n) is 6.77. The van der Waals surface area contributed by atoms with Crippen LogP contribution in [0.15, 0.2) is 0 Å². The topological polar surface area (TPSA) is 20.2 Å². The summed E-state index contributed by atoms with van der Waals surface area (Å²) in [7, 11) is 0. The van der Waals surface area contributed by atoms with E-state index >= 15 is 0 Å². The summed E-state index contributed by atoms with van der Waals surface area (Å²) in [6.45, 7) is 0. The molecule has 2 heteroatoms. The molecule has 0 aromatic carbocycles. The number of hydrogen-bond donors (Lipinski definition) is 1. The van der Waals surface area contributed by atoms with Crippen molar-refractivity contribution < 1.29 is 5.11 Å². The zero-order valence-corrected chi connectivity index (χ0v) is 7.53. The van der Waals surface area contributed by atoms with Gasteiger partial charge in [0.05, 0.1) is 5.60 Å². The molecule has 0 spiro atoms. The lowest BCUT2D eigenvalue weighted by atomic mass is 9.69. The molecule has 0 saturated heterocycles. The summed E-state index contributed by atoms with van der Waals surface area (Å²) in [6.07, 6.45) is 7.22. The Morgan fingerprint density at radius 1 is 1.00 bits per heavy atom. The van der Waals surface area contributed by atoms with Gasteiger partial charge in [-0.05, 0) is 44.9 Å². The molecular weight excluding hydrogens is 160 g/mol. The van der Waals surface area contributed by atoms with Crippen LogP contribution in [0.4, 0.5) is 0 Å². The van der Waals surface area contributed by atoms with Gasteiger partial charge in [0.1, 0.15) is 0 Å². The Bertz CT molecular complexity index is 141. The van der Waals surface area contributed by atoms with E-state index in [1.807, 2.05) is 0 Å². The van der Waals surface area contributed by atoms with Crippen molar-refractivity contribution >= 4 is 11.6 Å². The Morgan fingerprint density at radius 2 is 1.55 bits per heavy atom.